The topological polar surface area (TPSA) is 65.5 Å². The minimum absolute atomic E-state index is 0.0146. The molecular weight excluding hydrogens is 294 g/mol. The maximum absolute atomic E-state index is 12.4. The van der Waals surface area contributed by atoms with E-state index in [4.69, 9.17) is 9.47 Å². The number of pyridine rings is 1. The number of carbonyl (C=O) groups is 2. The first-order valence-corrected chi connectivity index (χ1v) is 7.77. The normalized spacial score (nSPS) is 18.0. The van der Waals surface area contributed by atoms with Gasteiger partial charge in [-0.25, -0.2) is 4.79 Å². The number of methoxy groups -OCH3 is 1. The largest absolute Gasteiger partial charge is 0.497 e. The van der Waals surface area contributed by atoms with Crippen LogP contribution in [-0.4, -0.2) is 30.0 Å². The number of hydrogen-bond acceptors (Lipinski definition) is 5. The first-order valence-electron chi connectivity index (χ1n) is 7.77. The van der Waals surface area contributed by atoms with E-state index in [9.17, 15) is 9.59 Å². The molecule has 1 aromatic heterocycles. The van der Waals surface area contributed by atoms with Crippen LogP contribution < -0.4 is 4.74 Å². The van der Waals surface area contributed by atoms with Crippen LogP contribution in [0.1, 0.15) is 41.7 Å². The highest BCUT2D eigenvalue weighted by Crippen LogP contribution is 2.24. The molecule has 23 heavy (non-hydrogen) atoms. The van der Waals surface area contributed by atoms with Crippen molar-refractivity contribution in [2.45, 2.75) is 38.7 Å². The summed E-state index contributed by atoms with van der Waals surface area (Å²) in [7, 11) is 1.60. The molecule has 1 fully saturated rings. The van der Waals surface area contributed by atoms with E-state index in [1.54, 1.807) is 20.1 Å². The molecule has 1 unspecified atom stereocenters. The number of hydrogen-bond donors (Lipinski definition) is 0. The summed E-state index contributed by atoms with van der Waals surface area (Å²) in [6, 6.07) is 7.25. The first-order chi connectivity index (χ1) is 11.1. The van der Waals surface area contributed by atoms with Gasteiger partial charge in [-0.05, 0) is 44.4 Å². The Morgan fingerprint density at radius 1 is 1.26 bits per heavy atom. The Morgan fingerprint density at radius 2 is 2.09 bits per heavy atom. The van der Waals surface area contributed by atoms with Crippen LogP contribution in [-0.2, 0) is 9.53 Å². The fourth-order valence-electron chi connectivity index (χ4n) is 2.85. The van der Waals surface area contributed by atoms with E-state index in [0.717, 1.165) is 23.7 Å². The van der Waals surface area contributed by atoms with E-state index in [1.165, 1.54) is 0 Å². The molecule has 0 saturated heterocycles. The SMILES string of the molecule is COc1ccc2cc(C(=O)OC3CCCCC3=O)c(C)nc2c1. The molecule has 1 aliphatic rings. The monoisotopic (exact) mass is 313 g/mol. The number of Topliss-reactive ketones (excluding diaryl/α,β-unsaturated/α-hetero) is 1. The Bertz CT molecular complexity index is 769. The molecule has 2 aromatic rings. The summed E-state index contributed by atoms with van der Waals surface area (Å²) in [5.74, 6) is 0.251. The molecule has 0 amide bonds. The highest BCUT2D eigenvalue weighted by Gasteiger charge is 2.27. The molecule has 1 aromatic carbocycles. The average molecular weight is 313 g/mol. The van der Waals surface area contributed by atoms with Crippen LogP contribution in [0.3, 0.4) is 0 Å². The lowest BCUT2D eigenvalue weighted by molar-refractivity contribution is -0.129. The molecule has 0 radical (unpaired) electrons. The number of rotatable bonds is 3. The van der Waals surface area contributed by atoms with Gasteiger partial charge in [0, 0.05) is 17.9 Å². The van der Waals surface area contributed by atoms with Crippen molar-refractivity contribution < 1.29 is 19.1 Å². The van der Waals surface area contributed by atoms with Crippen molar-refractivity contribution in [1.29, 1.82) is 0 Å². The van der Waals surface area contributed by atoms with Crippen LogP contribution in [0.15, 0.2) is 24.3 Å². The van der Waals surface area contributed by atoms with E-state index < -0.39 is 12.1 Å². The minimum Gasteiger partial charge on any atom is -0.497 e. The standard InChI is InChI=1S/C18H19NO4/c1-11-14(18(21)23-17-6-4-3-5-16(17)20)9-12-7-8-13(22-2)10-15(12)19-11/h7-10,17H,3-6H2,1-2H3. The average Bonchev–Trinajstić information content (AvgIpc) is 2.55. The summed E-state index contributed by atoms with van der Waals surface area (Å²) in [6.45, 7) is 1.76. The first kappa shape index (κ1) is 15.5. The molecule has 0 bridgehead atoms. The van der Waals surface area contributed by atoms with Crippen molar-refractivity contribution in [1.82, 2.24) is 4.98 Å². The van der Waals surface area contributed by atoms with Gasteiger partial charge in [-0.3, -0.25) is 9.78 Å². The van der Waals surface area contributed by atoms with Gasteiger partial charge < -0.3 is 9.47 Å². The molecule has 0 aliphatic heterocycles. The lowest BCUT2D eigenvalue weighted by atomic mass is 9.96. The van der Waals surface area contributed by atoms with Gasteiger partial charge in [-0.1, -0.05) is 0 Å². The Labute approximate surface area is 134 Å². The molecule has 0 N–H and O–H groups in total. The van der Waals surface area contributed by atoms with Gasteiger partial charge in [-0.2, -0.15) is 0 Å². The molecular formula is C18H19NO4. The second kappa shape index (κ2) is 6.36. The molecule has 1 saturated carbocycles. The maximum Gasteiger partial charge on any atom is 0.340 e. The third kappa shape index (κ3) is 3.18. The van der Waals surface area contributed by atoms with Crippen molar-refractivity contribution in [3.63, 3.8) is 0 Å². The Kier molecular flexibility index (Phi) is 4.28. The minimum atomic E-state index is -0.609. The maximum atomic E-state index is 12.4. The summed E-state index contributed by atoms with van der Waals surface area (Å²) < 4.78 is 10.6. The number of ether oxygens (including phenoxy) is 2. The predicted molar refractivity (Wildman–Crippen MR) is 85.7 cm³/mol. The van der Waals surface area contributed by atoms with Crippen molar-refractivity contribution in [2.24, 2.45) is 0 Å². The third-order valence-electron chi connectivity index (χ3n) is 4.18. The van der Waals surface area contributed by atoms with Crippen LogP contribution in [0.2, 0.25) is 0 Å². The lowest BCUT2D eigenvalue weighted by Gasteiger charge is -2.21. The van der Waals surface area contributed by atoms with Gasteiger partial charge in [0.05, 0.1) is 23.9 Å². The molecule has 120 valence electrons. The van der Waals surface area contributed by atoms with Gasteiger partial charge >= 0.3 is 5.97 Å². The van der Waals surface area contributed by atoms with Gasteiger partial charge in [0.25, 0.3) is 0 Å². The Morgan fingerprint density at radius 3 is 2.83 bits per heavy atom. The van der Waals surface area contributed by atoms with E-state index in [0.29, 0.717) is 29.8 Å². The van der Waals surface area contributed by atoms with Crippen molar-refractivity contribution in [3.8, 4) is 5.75 Å². The molecule has 5 heteroatoms. The van der Waals surface area contributed by atoms with Crippen molar-refractivity contribution in [3.05, 3.63) is 35.5 Å². The smallest absolute Gasteiger partial charge is 0.340 e. The Balaban J connectivity index is 1.88. The van der Waals surface area contributed by atoms with Crippen LogP contribution in [0.5, 0.6) is 5.75 Å². The number of carbonyl (C=O) groups excluding carboxylic acids is 2. The third-order valence-corrected chi connectivity index (χ3v) is 4.18. The highest BCUT2D eigenvalue weighted by molar-refractivity contribution is 5.97. The van der Waals surface area contributed by atoms with Gasteiger partial charge in [0.15, 0.2) is 11.9 Å². The van der Waals surface area contributed by atoms with Crippen molar-refractivity contribution in [2.75, 3.05) is 7.11 Å². The summed E-state index contributed by atoms with van der Waals surface area (Å²) in [5, 5.41) is 0.832. The summed E-state index contributed by atoms with van der Waals surface area (Å²) in [5.41, 5.74) is 1.74. The highest BCUT2D eigenvalue weighted by atomic mass is 16.5. The number of benzene rings is 1. The second-order valence-corrected chi connectivity index (χ2v) is 5.79. The van der Waals surface area contributed by atoms with Crippen LogP contribution in [0.4, 0.5) is 0 Å². The zero-order valence-electron chi connectivity index (χ0n) is 13.3. The van der Waals surface area contributed by atoms with E-state index in [2.05, 4.69) is 4.98 Å². The molecule has 3 rings (SSSR count). The fraction of sp³-hybridized carbons (Fsp3) is 0.389. The lowest BCUT2D eigenvalue weighted by Crippen LogP contribution is -2.30. The van der Waals surface area contributed by atoms with E-state index in [1.807, 2.05) is 18.2 Å². The van der Waals surface area contributed by atoms with Gasteiger partial charge in [-0.15, -0.1) is 0 Å². The summed E-state index contributed by atoms with van der Waals surface area (Å²) in [4.78, 5) is 28.7. The second-order valence-electron chi connectivity index (χ2n) is 5.79. The zero-order chi connectivity index (χ0) is 16.4. The number of ketones is 1. The molecule has 1 atom stereocenters. The molecule has 0 spiro atoms. The molecule has 5 nitrogen and oxygen atoms in total. The number of aryl methyl sites for hydroxylation is 1. The molecule has 1 aliphatic carbocycles. The van der Waals surface area contributed by atoms with Gasteiger partial charge in [0.2, 0.25) is 0 Å². The number of aromatic nitrogens is 1. The van der Waals surface area contributed by atoms with E-state index in [-0.39, 0.29) is 5.78 Å². The zero-order valence-corrected chi connectivity index (χ0v) is 13.3. The predicted octanol–water partition coefficient (Wildman–Crippen LogP) is 3.22. The summed E-state index contributed by atoms with van der Waals surface area (Å²) >= 11 is 0. The number of fused-ring (bicyclic) bond motifs is 1. The quantitative estimate of drug-likeness (QED) is 0.814. The summed E-state index contributed by atoms with van der Waals surface area (Å²) in [6.07, 6.45) is 2.29. The van der Waals surface area contributed by atoms with Crippen LogP contribution >= 0.6 is 0 Å². The fourth-order valence-corrected chi connectivity index (χ4v) is 2.85. The van der Waals surface area contributed by atoms with Crippen molar-refractivity contribution >= 4 is 22.7 Å². The van der Waals surface area contributed by atoms with Crippen LogP contribution in [0, 0.1) is 6.92 Å². The van der Waals surface area contributed by atoms with Crippen LogP contribution in [0.25, 0.3) is 10.9 Å². The Hall–Kier alpha value is -2.43. The molecule has 1 heterocycles. The number of nitrogens with zero attached hydrogens (tertiary/aromatic N) is 1. The van der Waals surface area contributed by atoms with E-state index >= 15 is 0 Å². The number of esters is 1. The van der Waals surface area contributed by atoms with Gasteiger partial charge in [0.1, 0.15) is 5.75 Å².